The SMILES string of the molecule is CCC(CO)Nc1cc(Br)c(O)cc1[N+](=O)[O-]. The number of benzene rings is 1. The van der Waals surface area contributed by atoms with Crippen LogP contribution in [0.15, 0.2) is 16.6 Å². The molecule has 0 spiro atoms. The molecule has 0 saturated heterocycles. The van der Waals surface area contributed by atoms with E-state index >= 15 is 0 Å². The summed E-state index contributed by atoms with van der Waals surface area (Å²) in [5, 5.41) is 32.1. The Morgan fingerprint density at radius 1 is 1.59 bits per heavy atom. The minimum absolute atomic E-state index is 0.119. The number of nitrogens with one attached hydrogen (secondary N) is 1. The van der Waals surface area contributed by atoms with Gasteiger partial charge in [0.05, 0.1) is 22.1 Å². The molecule has 0 heterocycles. The number of anilines is 1. The Hall–Kier alpha value is -1.34. The standard InChI is InChI=1S/C10H13BrN2O4/c1-2-6(5-14)12-8-3-7(11)10(15)4-9(8)13(16)17/h3-4,6,12,14-15H,2,5H2,1H3. The molecule has 1 aromatic carbocycles. The van der Waals surface area contributed by atoms with Crippen molar-refractivity contribution >= 4 is 27.3 Å². The zero-order chi connectivity index (χ0) is 13.0. The Kier molecular flexibility index (Phi) is 4.71. The minimum Gasteiger partial charge on any atom is -0.507 e. The van der Waals surface area contributed by atoms with Gasteiger partial charge in [-0.15, -0.1) is 0 Å². The fourth-order valence-electron chi connectivity index (χ4n) is 1.31. The van der Waals surface area contributed by atoms with Crippen LogP contribution in [-0.4, -0.2) is 27.8 Å². The van der Waals surface area contributed by atoms with Crippen molar-refractivity contribution in [1.29, 1.82) is 0 Å². The number of hydrogen-bond donors (Lipinski definition) is 3. The molecule has 0 bridgehead atoms. The van der Waals surface area contributed by atoms with E-state index in [9.17, 15) is 15.2 Å². The second kappa shape index (κ2) is 5.83. The number of nitro groups is 1. The van der Waals surface area contributed by atoms with Crippen LogP contribution in [-0.2, 0) is 0 Å². The van der Waals surface area contributed by atoms with Crippen LogP contribution < -0.4 is 5.32 Å². The highest BCUT2D eigenvalue weighted by molar-refractivity contribution is 9.10. The summed E-state index contributed by atoms with van der Waals surface area (Å²) in [6, 6.07) is 2.23. The van der Waals surface area contributed by atoms with E-state index in [0.717, 1.165) is 6.07 Å². The summed E-state index contributed by atoms with van der Waals surface area (Å²) in [5.41, 5.74) is 0.0400. The summed E-state index contributed by atoms with van der Waals surface area (Å²) in [4.78, 5) is 10.2. The third kappa shape index (κ3) is 3.31. The summed E-state index contributed by atoms with van der Waals surface area (Å²) >= 11 is 3.09. The molecular weight excluding hydrogens is 292 g/mol. The van der Waals surface area contributed by atoms with Crippen molar-refractivity contribution in [3.63, 3.8) is 0 Å². The zero-order valence-corrected chi connectivity index (χ0v) is 10.8. The number of hydrogen-bond acceptors (Lipinski definition) is 5. The molecule has 0 aromatic heterocycles. The van der Waals surface area contributed by atoms with Gasteiger partial charge in [0.2, 0.25) is 0 Å². The number of rotatable bonds is 5. The molecule has 7 heteroatoms. The largest absolute Gasteiger partial charge is 0.507 e. The van der Waals surface area contributed by atoms with Gasteiger partial charge in [-0.3, -0.25) is 10.1 Å². The molecule has 3 N–H and O–H groups in total. The van der Waals surface area contributed by atoms with E-state index < -0.39 is 4.92 Å². The molecule has 0 saturated carbocycles. The lowest BCUT2D eigenvalue weighted by Crippen LogP contribution is -2.23. The van der Waals surface area contributed by atoms with Gasteiger partial charge in [0.1, 0.15) is 11.4 Å². The molecule has 1 atom stereocenters. The van der Waals surface area contributed by atoms with Crippen molar-refractivity contribution in [2.75, 3.05) is 11.9 Å². The highest BCUT2D eigenvalue weighted by atomic mass is 79.9. The van der Waals surface area contributed by atoms with Gasteiger partial charge in [0.25, 0.3) is 5.69 Å². The Labute approximate surface area is 107 Å². The van der Waals surface area contributed by atoms with Gasteiger partial charge in [-0.1, -0.05) is 6.92 Å². The van der Waals surface area contributed by atoms with E-state index in [1.807, 2.05) is 6.92 Å². The number of aliphatic hydroxyl groups excluding tert-OH is 1. The second-order valence-electron chi connectivity index (χ2n) is 3.51. The number of nitro benzene ring substituents is 1. The topological polar surface area (TPSA) is 95.6 Å². The van der Waals surface area contributed by atoms with Crippen LogP contribution in [0.25, 0.3) is 0 Å². The lowest BCUT2D eigenvalue weighted by Gasteiger charge is -2.15. The smallest absolute Gasteiger partial charge is 0.296 e. The number of phenols is 1. The number of aromatic hydroxyl groups is 1. The molecule has 0 aliphatic heterocycles. The molecule has 6 nitrogen and oxygen atoms in total. The first-order valence-electron chi connectivity index (χ1n) is 5.03. The van der Waals surface area contributed by atoms with E-state index in [0.29, 0.717) is 10.9 Å². The van der Waals surface area contributed by atoms with Gasteiger partial charge < -0.3 is 15.5 Å². The van der Waals surface area contributed by atoms with Crippen molar-refractivity contribution < 1.29 is 15.1 Å². The molecule has 1 rings (SSSR count). The summed E-state index contributed by atoms with van der Waals surface area (Å²) in [6.07, 6.45) is 0.631. The first kappa shape index (κ1) is 13.7. The van der Waals surface area contributed by atoms with Crippen LogP contribution in [0.3, 0.4) is 0 Å². The van der Waals surface area contributed by atoms with Crippen molar-refractivity contribution in [1.82, 2.24) is 0 Å². The number of aliphatic hydroxyl groups is 1. The van der Waals surface area contributed by atoms with Gasteiger partial charge >= 0.3 is 0 Å². The summed E-state index contributed by atoms with van der Waals surface area (Å²) in [5.74, 6) is -0.195. The predicted octanol–water partition coefficient (Wildman–Crippen LogP) is 2.25. The highest BCUT2D eigenvalue weighted by Crippen LogP contribution is 2.35. The van der Waals surface area contributed by atoms with Gasteiger partial charge in [-0.25, -0.2) is 0 Å². The van der Waals surface area contributed by atoms with E-state index in [1.165, 1.54) is 6.07 Å². The van der Waals surface area contributed by atoms with Crippen LogP contribution in [0.1, 0.15) is 13.3 Å². The molecule has 1 aromatic rings. The monoisotopic (exact) mass is 304 g/mol. The van der Waals surface area contributed by atoms with Crippen LogP contribution in [0.4, 0.5) is 11.4 Å². The molecular formula is C10H13BrN2O4. The summed E-state index contributed by atoms with van der Waals surface area (Å²) < 4.78 is 0.360. The van der Waals surface area contributed by atoms with Crippen molar-refractivity contribution in [3.8, 4) is 5.75 Å². The van der Waals surface area contributed by atoms with Crippen LogP contribution in [0.2, 0.25) is 0 Å². The van der Waals surface area contributed by atoms with Crippen LogP contribution in [0.5, 0.6) is 5.75 Å². The quantitative estimate of drug-likeness (QED) is 0.440. The van der Waals surface area contributed by atoms with E-state index in [-0.39, 0.29) is 29.8 Å². The molecule has 0 amide bonds. The minimum atomic E-state index is -0.585. The number of nitrogens with zero attached hydrogens (tertiary/aromatic N) is 1. The second-order valence-corrected chi connectivity index (χ2v) is 4.36. The van der Waals surface area contributed by atoms with Gasteiger partial charge in [0, 0.05) is 6.04 Å². The average molecular weight is 305 g/mol. The van der Waals surface area contributed by atoms with Gasteiger partial charge in [-0.05, 0) is 28.4 Å². The maximum atomic E-state index is 10.8. The first-order valence-corrected chi connectivity index (χ1v) is 5.83. The third-order valence-corrected chi connectivity index (χ3v) is 2.97. The number of phenolic OH excluding ortho intramolecular Hbond substituents is 1. The van der Waals surface area contributed by atoms with E-state index in [2.05, 4.69) is 21.2 Å². The lowest BCUT2D eigenvalue weighted by atomic mass is 10.2. The highest BCUT2D eigenvalue weighted by Gasteiger charge is 2.19. The molecule has 17 heavy (non-hydrogen) atoms. The Balaban J connectivity index is 3.12. The maximum Gasteiger partial charge on any atom is 0.296 e. The first-order chi connectivity index (χ1) is 7.99. The van der Waals surface area contributed by atoms with Crippen molar-refractivity contribution in [2.45, 2.75) is 19.4 Å². The molecule has 0 radical (unpaired) electrons. The van der Waals surface area contributed by atoms with E-state index in [1.54, 1.807) is 0 Å². The summed E-state index contributed by atoms with van der Waals surface area (Å²) in [7, 11) is 0. The fraction of sp³-hybridized carbons (Fsp3) is 0.400. The van der Waals surface area contributed by atoms with Gasteiger partial charge in [-0.2, -0.15) is 0 Å². The van der Waals surface area contributed by atoms with Crippen molar-refractivity contribution in [3.05, 3.63) is 26.7 Å². The van der Waals surface area contributed by atoms with Crippen LogP contribution >= 0.6 is 15.9 Å². The predicted molar refractivity (Wildman–Crippen MR) is 67.2 cm³/mol. The average Bonchev–Trinajstić information content (AvgIpc) is 2.29. The van der Waals surface area contributed by atoms with Crippen molar-refractivity contribution in [2.24, 2.45) is 0 Å². The Morgan fingerprint density at radius 2 is 2.24 bits per heavy atom. The number of halogens is 1. The van der Waals surface area contributed by atoms with Gasteiger partial charge in [0.15, 0.2) is 0 Å². The molecule has 0 aliphatic carbocycles. The normalized spacial score (nSPS) is 12.2. The maximum absolute atomic E-state index is 10.8. The third-order valence-electron chi connectivity index (χ3n) is 2.33. The van der Waals surface area contributed by atoms with E-state index in [4.69, 9.17) is 5.11 Å². The zero-order valence-electron chi connectivity index (χ0n) is 9.18. The molecule has 0 aliphatic rings. The molecule has 0 fully saturated rings. The molecule has 1 unspecified atom stereocenters. The van der Waals surface area contributed by atoms with Crippen LogP contribution in [0, 0.1) is 10.1 Å². The Morgan fingerprint density at radius 3 is 2.71 bits per heavy atom. The fourth-order valence-corrected chi connectivity index (χ4v) is 1.66. The summed E-state index contributed by atoms with van der Waals surface area (Å²) in [6.45, 7) is 1.74. The molecule has 94 valence electrons. The lowest BCUT2D eigenvalue weighted by molar-refractivity contribution is -0.384. The Bertz CT molecular complexity index is 421.